The fraction of sp³-hybridized carbons (Fsp3) is 1.00. The van der Waals surface area contributed by atoms with Crippen molar-refractivity contribution < 1.29 is 8.42 Å². The van der Waals surface area contributed by atoms with Gasteiger partial charge in [0.1, 0.15) is 0 Å². The summed E-state index contributed by atoms with van der Waals surface area (Å²) in [6.07, 6.45) is 0.721. The van der Waals surface area contributed by atoms with Gasteiger partial charge in [-0.15, -0.1) is 0 Å². The third-order valence-electron chi connectivity index (χ3n) is 1.17. The molecule has 0 aromatic heterocycles. The average molecular weight is 178 g/mol. The highest BCUT2D eigenvalue weighted by Crippen LogP contribution is 2.16. The van der Waals surface area contributed by atoms with Gasteiger partial charge in [-0.2, -0.15) is 0 Å². The standard InChI is InChI=1S/C8H18O2S/c1-5-6-11(9,10)7-8(2,3)4/h5-7H2,1-4H3. The van der Waals surface area contributed by atoms with Crippen molar-refractivity contribution in [2.24, 2.45) is 5.41 Å². The highest BCUT2D eigenvalue weighted by atomic mass is 32.2. The van der Waals surface area contributed by atoms with Crippen molar-refractivity contribution >= 4 is 9.84 Å². The Morgan fingerprint density at radius 2 is 1.64 bits per heavy atom. The Labute approximate surface area is 69.9 Å². The van der Waals surface area contributed by atoms with E-state index in [1.54, 1.807) is 0 Å². The zero-order chi connectivity index (χ0) is 9.12. The second-order valence-electron chi connectivity index (χ2n) is 4.15. The first-order chi connectivity index (χ1) is 4.77. The minimum Gasteiger partial charge on any atom is -0.229 e. The second kappa shape index (κ2) is 3.57. The number of rotatable bonds is 3. The fourth-order valence-corrected chi connectivity index (χ4v) is 3.13. The van der Waals surface area contributed by atoms with Crippen LogP contribution < -0.4 is 0 Å². The molecule has 0 N–H and O–H groups in total. The van der Waals surface area contributed by atoms with E-state index in [0.717, 1.165) is 6.42 Å². The predicted molar refractivity (Wildman–Crippen MR) is 48.4 cm³/mol. The van der Waals surface area contributed by atoms with Crippen LogP contribution in [0, 0.1) is 5.41 Å². The van der Waals surface area contributed by atoms with E-state index in [1.807, 2.05) is 27.7 Å². The van der Waals surface area contributed by atoms with E-state index < -0.39 is 9.84 Å². The van der Waals surface area contributed by atoms with Crippen LogP contribution in [0.1, 0.15) is 34.1 Å². The van der Waals surface area contributed by atoms with Gasteiger partial charge in [0.05, 0.1) is 5.75 Å². The first-order valence-electron chi connectivity index (χ1n) is 3.97. The van der Waals surface area contributed by atoms with Crippen LogP contribution in [-0.2, 0) is 9.84 Å². The van der Waals surface area contributed by atoms with Crippen molar-refractivity contribution in [3.05, 3.63) is 0 Å². The van der Waals surface area contributed by atoms with Gasteiger partial charge >= 0.3 is 0 Å². The number of hydrogen-bond donors (Lipinski definition) is 0. The van der Waals surface area contributed by atoms with Crippen LogP contribution in [0.15, 0.2) is 0 Å². The van der Waals surface area contributed by atoms with Crippen LogP contribution >= 0.6 is 0 Å². The van der Waals surface area contributed by atoms with E-state index in [9.17, 15) is 8.42 Å². The molecule has 0 aliphatic carbocycles. The lowest BCUT2D eigenvalue weighted by molar-refractivity contribution is 0.461. The zero-order valence-corrected chi connectivity index (χ0v) is 8.66. The lowest BCUT2D eigenvalue weighted by atomic mass is 10.0. The lowest BCUT2D eigenvalue weighted by Gasteiger charge is -2.17. The monoisotopic (exact) mass is 178 g/mol. The van der Waals surface area contributed by atoms with Crippen molar-refractivity contribution in [1.82, 2.24) is 0 Å². The van der Waals surface area contributed by atoms with Gasteiger partial charge in [0.15, 0.2) is 9.84 Å². The summed E-state index contributed by atoms with van der Waals surface area (Å²) in [6, 6.07) is 0. The van der Waals surface area contributed by atoms with Gasteiger partial charge in [-0.05, 0) is 11.8 Å². The molecule has 3 heteroatoms. The molecule has 0 atom stereocenters. The molecular weight excluding hydrogens is 160 g/mol. The fourth-order valence-electron chi connectivity index (χ4n) is 1.04. The van der Waals surface area contributed by atoms with Gasteiger partial charge in [0.25, 0.3) is 0 Å². The number of sulfone groups is 1. The molecule has 0 aromatic carbocycles. The molecule has 0 aromatic rings. The summed E-state index contributed by atoms with van der Waals surface area (Å²) < 4.78 is 22.5. The third-order valence-corrected chi connectivity index (χ3v) is 3.50. The van der Waals surface area contributed by atoms with Crippen molar-refractivity contribution in [2.75, 3.05) is 11.5 Å². The Morgan fingerprint density at radius 1 is 1.18 bits per heavy atom. The van der Waals surface area contributed by atoms with E-state index in [4.69, 9.17) is 0 Å². The minimum absolute atomic E-state index is 0.103. The Morgan fingerprint density at radius 3 is 1.91 bits per heavy atom. The predicted octanol–water partition coefficient (Wildman–Crippen LogP) is 1.86. The number of hydrogen-bond acceptors (Lipinski definition) is 2. The molecule has 0 aliphatic heterocycles. The van der Waals surface area contributed by atoms with Crippen molar-refractivity contribution in [3.8, 4) is 0 Å². The first kappa shape index (κ1) is 11.0. The summed E-state index contributed by atoms with van der Waals surface area (Å²) in [5.74, 6) is 0.623. The maximum absolute atomic E-state index is 11.2. The Bertz CT molecular complexity index is 197. The quantitative estimate of drug-likeness (QED) is 0.661. The van der Waals surface area contributed by atoms with Crippen LogP contribution in [0.5, 0.6) is 0 Å². The Hall–Kier alpha value is -0.0500. The van der Waals surface area contributed by atoms with Crippen LogP contribution in [0.25, 0.3) is 0 Å². The van der Waals surface area contributed by atoms with E-state index in [0.29, 0.717) is 11.5 Å². The molecule has 0 unspecified atom stereocenters. The molecule has 2 nitrogen and oxygen atoms in total. The molecule has 0 saturated carbocycles. The maximum atomic E-state index is 11.2. The summed E-state index contributed by atoms with van der Waals surface area (Å²) in [7, 11) is -2.79. The molecule has 0 aliphatic rings. The van der Waals surface area contributed by atoms with Crippen molar-refractivity contribution in [3.63, 3.8) is 0 Å². The van der Waals surface area contributed by atoms with E-state index in [-0.39, 0.29) is 5.41 Å². The summed E-state index contributed by atoms with van der Waals surface area (Å²) >= 11 is 0. The topological polar surface area (TPSA) is 34.1 Å². The average Bonchev–Trinajstić information content (AvgIpc) is 1.55. The maximum Gasteiger partial charge on any atom is 0.150 e. The van der Waals surface area contributed by atoms with Gasteiger partial charge in [0.2, 0.25) is 0 Å². The van der Waals surface area contributed by atoms with Gasteiger partial charge in [-0.25, -0.2) is 8.42 Å². The lowest BCUT2D eigenvalue weighted by Crippen LogP contribution is -2.22. The van der Waals surface area contributed by atoms with E-state index in [2.05, 4.69) is 0 Å². The Balaban J connectivity index is 4.15. The summed E-state index contributed by atoms with van der Waals surface area (Å²) in [6.45, 7) is 7.72. The highest BCUT2D eigenvalue weighted by Gasteiger charge is 2.20. The minimum atomic E-state index is -2.79. The molecule has 0 rings (SSSR count). The molecular formula is C8H18O2S. The second-order valence-corrected chi connectivity index (χ2v) is 6.34. The summed E-state index contributed by atoms with van der Waals surface area (Å²) in [5, 5.41) is 0. The van der Waals surface area contributed by atoms with Crippen molar-refractivity contribution in [2.45, 2.75) is 34.1 Å². The van der Waals surface area contributed by atoms with Gasteiger partial charge < -0.3 is 0 Å². The molecule has 0 heterocycles. The van der Waals surface area contributed by atoms with Crippen LogP contribution in [-0.4, -0.2) is 19.9 Å². The highest BCUT2D eigenvalue weighted by molar-refractivity contribution is 7.91. The van der Waals surface area contributed by atoms with Gasteiger partial charge in [0, 0.05) is 5.75 Å². The molecule has 0 bridgehead atoms. The molecule has 0 amide bonds. The molecule has 0 radical (unpaired) electrons. The summed E-state index contributed by atoms with van der Waals surface area (Å²) in [5.41, 5.74) is -0.103. The smallest absolute Gasteiger partial charge is 0.150 e. The van der Waals surface area contributed by atoms with Crippen molar-refractivity contribution in [1.29, 1.82) is 0 Å². The normalized spacial score (nSPS) is 13.5. The Kier molecular flexibility index (Phi) is 3.55. The van der Waals surface area contributed by atoms with Crippen LogP contribution in [0.4, 0.5) is 0 Å². The largest absolute Gasteiger partial charge is 0.229 e. The van der Waals surface area contributed by atoms with E-state index in [1.165, 1.54) is 0 Å². The molecule has 0 fully saturated rings. The molecule has 0 saturated heterocycles. The van der Waals surface area contributed by atoms with Crippen LogP contribution in [0.2, 0.25) is 0 Å². The van der Waals surface area contributed by atoms with Gasteiger partial charge in [-0.3, -0.25) is 0 Å². The molecule has 68 valence electrons. The molecule has 11 heavy (non-hydrogen) atoms. The molecule has 0 spiro atoms. The van der Waals surface area contributed by atoms with E-state index >= 15 is 0 Å². The van der Waals surface area contributed by atoms with Crippen LogP contribution in [0.3, 0.4) is 0 Å². The SMILES string of the molecule is CCCS(=O)(=O)CC(C)(C)C. The third kappa shape index (κ3) is 6.35. The first-order valence-corrected chi connectivity index (χ1v) is 5.79. The summed E-state index contributed by atoms with van der Waals surface area (Å²) in [4.78, 5) is 0. The van der Waals surface area contributed by atoms with Gasteiger partial charge in [-0.1, -0.05) is 27.7 Å². The zero-order valence-electron chi connectivity index (χ0n) is 7.85.